The van der Waals surface area contributed by atoms with E-state index in [2.05, 4.69) is 26.4 Å². The second-order valence-corrected chi connectivity index (χ2v) is 8.11. The van der Waals surface area contributed by atoms with Crippen molar-refractivity contribution in [3.05, 3.63) is 70.3 Å². The molecule has 7 heteroatoms. The number of rotatable bonds is 2. The molecule has 1 saturated heterocycles. The number of aliphatic imine (C=N–C) groups is 1. The van der Waals surface area contributed by atoms with Crippen molar-refractivity contribution in [2.24, 2.45) is 4.99 Å². The fourth-order valence-electron chi connectivity index (χ4n) is 3.79. The number of aromatic amines is 1. The molecule has 2 N–H and O–H groups in total. The summed E-state index contributed by atoms with van der Waals surface area (Å²) in [5.41, 5.74) is 5.03. The second kappa shape index (κ2) is 6.76. The summed E-state index contributed by atoms with van der Waals surface area (Å²) >= 11 is 3.49. The number of nitrogens with zero attached hydrogens (tertiary/aromatic N) is 2. The molecule has 142 valence electrons. The predicted octanol–water partition coefficient (Wildman–Crippen LogP) is 3.84. The number of H-pyrrole nitrogens is 1. The fourth-order valence-corrected chi connectivity index (χ4v) is 4.19. The van der Waals surface area contributed by atoms with Crippen LogP contribution in [0.4, 0.5) is 0 Å². The van der Waals surface area contributed by atoms with Gasteiger partial charge in [0.05, 0.1) is 0 Å². The third-order valence-corrected chi connectivity index (χ3v) is 5.88. The van der Waals surface area contributed by atoms with Gasteiger partial charge in [0.25, 0.3) is 5.91 Å². The second-order valence-electron chi connectivity index (χ2n) is 7.19. The van der Waals surface area contributed by atoms with Crippen LogP contribution in [0.1, 0.15) is 28.8 Å². The number of carbonyl (C=O) groups is 1. The van der Waals surface area contributed by atoms with Crippen LogP contribution in [0.15, 0.2) is 64.2 Å². The number of aromatic nitrogens is 1. The molecule has 2 aromatic carbocycles. The molecule has 3 heterocycles. The molecular weight excluding hydrogens is 420 g/mol. The van der Waals surface area contributed by atoms with Crippen LogP contribution in [0, 0.1) is 0 Å². The molecule has 1 amide bonds. The monoisotopic (exact) mass is 438 g/mol. The number of hydrogen-bond donors (Lipinski definition) is 2. The molecule has 0 atom stereocenters. The number of nitrogens with one attached hydrogen (secondary N) is 2. The van der Waals surface area contributed by atoms with Crippen LogP contribution in [0.2, 0.25) is 0 Å². The van der Waals surface area contributed by atoms with Crippen molar-refractivity contribution in [1.82, 2.24) is 15.4 Å². The van der Waals surface area contributed by atoms with Crippen LogP contribution in [0.3, 0.4) is 0 Å². The number of piperidine rings is 1. The zero-order valence-corrected chi connectivity index (χ0v) is 16.7. The summed E-state index contributed by atoms with van der Waals surface area (Å²) in [6, 6.07) is 15.7. The van der Waals surface area contributed by atoms with Crippen LogP contribution < -0.4 is 5.48 Å². The van der Waals surface area contributed by atoms with Gasteiger partial charge < -0.3 is 9.88 Å². The van der Waals surface area contributed by atoms with Crippen molar-refractivity contribution in [1.29, 1.82) is 0 Å². The summed E-state index contributed by atoms with van der Waals surface area (Å²) in [6.07, 6.45) is 3.21. The molecule has 0 saturated carbocycles. The van der Waals surface area contributed by atoms with Crippen molar-refractivity contribution in [3.63, 3.8) is 0 Å². The van der Waals surface area contributed by atoms with Gasteiger partial charge in [-0.3, -0.25) is 4.79 Å². The van der Waals surface area contributed by atoms with E-state index in [1.165, 1.54) is 0 Å². The topological polar surface area (TPSA) is 69.7 Å². The molecule has 2 aliphatic rings. The van der Waals surface area contributed by atoms with Gasteiger partial charge in [-0.2, -0.15) is 0 Å². The first kappa shape index (κ1) is 17.5. The smallest absolute Gasteiger partial charge is 0.253 e. The van der Waals surface area contributed by atoms with Crippen molar-refractivity contribution in [2.75, 3.05) is 13.1 Å². The normalized spacial score (nSPS) is 18.3. The van der Waals surface area contributed by atoms with Gasteiger partial charge in [0.1, 0.15) is 0 Å². The van der Waals surface area contributed by atoms with E-state index in [1.807, 2.05) is 59.6 Å². The van der Waals surface area contributed by atoms with E-state index in [0.717, 1.165) is 26.8 Å². The van der Waals surface area contributed by atoms with Gasteiger partial charge in [-0.25, -0.2) is 15.3 Å². The van der Waals surface area contributed by atoms with Crippen LogP contribution in [-0.4, -0.2) is 40.4 Å². The van der Waals surface area contributed by atoms with Crippen LogP contribution >= 0.6 is 15.9 Å². The SMILES string of the molecule is O=C(c1ccc2cc[nH]c2c1)N1CCC2(CC1)N=C(c1cccc(Br)c1)NO2. The number of hydrogen-bond acceptors (Lipinski definition) is 4. The molecule has 28 heavy (non-hydrogen) atoms. The van der Waals surface area contributed by atoms with Gasteiger partial charge in [-0.1, -0.05) is 34.1 Å². The molecule has 3 aromatic rings. The number of benzene rings is 2. The van der Waals surface area contributed by atoms with E-state index in [1.54, 1.807) is 0 Å². The standard InChI is InChI=1S/C21H19BrN4O2/c22-17-3-1-2-15(12-17)19-24-21(28-25-19)7-10-26(11-8-21)20(27)16-5-4-14-6-9-23-18(14)13-16/h1-6,9,12-13,23H,7-8,10-11H2,(H,24,25). The highest BCUT2D eigenvalue weighted by Crippen LogP contribution is 2.32. The minimum Gasteiger partial charge on any atom is -0.361 e. The highest BCUT2D eigenvalue weighted by atomic mass is 79.9. The Morgan fingerprint density at radius 2 is 2.00 bits per heavy atom. The maximum absolute atomic E-state index is 12.9. The zero-order chi connectivity index (χ0) is 19.1. The van der Waals surface area contributed by atoms with E-state index < -0.39 is 5.72 Å². The lowest BCUT2D eigenvalue weighted by molar-refractivity contribution is -0.0849. The largest absolute Gasteiger partial charge is 0.361 e. The summed E-state index contributed by atoms with van der Waals surface area (Å²) in [5.74, 6) is 0.784. The van der Waals surface area contributed by atoms with Crippen molar-refractivity contribution >= 4 is 38.6 Å². The maximum Gasteiger partial charge on any atom is 0.253 e. The number of amidine groups is 1. The Bertz CT molecular complexity index is 1080. The van der Waals surface area contributed by atoms with Crippen LogP contribution in [0.5, 0.6) is 0 Å². The van der Waals surface area contributed by atoms with E-state index in [9.17, 15) is 4.79 Å². The van der Waals surface area contributed by atoms with Gasteiger partial charge in [0.2, 0.25) is 0 Å². The minimum absolute atomic E-state index is 0.0495. The highest BCUT2D eigenvalue weighted by Gasteiger charge is 2.41. The quantitative estimate of drug-likeness (QED) is 0.638. The molecule has 1 fully saturated rings. The first-order chi connectivity index (χ1) is 13.6. The van der Waals surface area contributed by atoms with E-state index in [-0.39, 0.29) is 5.91 Å². The third-order valence-electron chi connectivity index (χ3n) is 5.39. The van der Waals surface area contributed by atoms with Crippen LogP contribution in [0.25, 0.3) is 10.9 Å². The maximum atomic E-state index is 12.9. The zero-order valence-electron chi connectivity index (χ0n) is 15.1. The number of halogens is 1. The Balaban J connectivity index is 1.30. The van der Waals surface area contributed by atoms with Crippen molar-refractivity contribution < 1.29 is 9.63 Å². The summed E-state index contributed by atoms with van der Waals surface area (Å²) in [7, 11) is 0. The minimum atomic E-state index is -0.599. The lowest BCUT2D eigenvalue weighted by Gasteiger charge is -2.35. The van der Waals surface area contributed by atoms with Gasteiger partial charge in [-0.05, 0) is 35.7 Å². The van der Waals surface area contributed by atoms with E-state index in [4.69, 9.17) is 9.83 Å². The Hall–Kier alpha value is -2.64. The van der Waals surface area contributed by atoms with E-state index >= 15 is 0 Å². The molecule has 0 unspecified atom stereocenters. The first-order valence-corrected chi connectivity index (χ1v) is 10.1. The number of amides is 1. The number of hydroxylamine groups is 1. The first-order valence-electron chi connectivity index (χ1n) is 9.28. The molecular formula is C21H19BrN4O2. The molecule has 2 aliphatic heterocycles. The fraction of sp³-hybridized carbons (Fsp3) is 0.238. The van der Waals surface area contributed by atoms with Crippen molar-refractivity contribution in [3.8, 4) is 0 Å². The molecule has 5 rings (SSSR count). The van der Waals surface area contributed by atoms with Crippen molar-refractivity contribution in [2.45, 2.75) is 18.6 Å². The Kier molecular flexibility index (Phi) is 4.21. The lowest BCUT2D eigenvalue weighted by atomic mass is 10.00. The molecule has 0 radical (unpaired) electrons. The van der Waals surface area contributed by atoms with E-state index in [0.29, 0.717) is 31.5 Å². The van der Waals surface area contributed by atoms with Gasteiger partial charge in [0, 0.05) is 53.2 Å². The van der Waals surface area contributed by atoms with Gasteiger partial charge >= 0.3 is 0 Å². The lowest BCUT2D eigenvalue weighted by Crippen LogP contribution is -2.46. The Morgan fingerprint density at radius 1 is 1.14 bits per heavy atom. The average molecular weight is 439 g/mol. The molecule has 6 nitrogen and oxygen atoms in total. The summed E-state index contributed by atoms with van der Waals surface area (Å²) in [4.78, 5) is 28.6. The van der Waals surface area contributed by atoms with Gasteiger partial charge in [0.15, 0.2) is 11.6 Å². The molecule has 0 aliphatic carbocycles. The summed E-state index contributed by atoms with van der Waals surface area (Å²) < 4.78 is 0.995. The molecule has 0 bridgehead atoms. The highest BCUT2D eigenvalue weighted by molar-refractivity contribution is 9.10. The summed E-state index contributed by atoms with van der Waals surface area (Å²) in [5, 5.41) is 1.11. The molecule has 1 spiro atoms. The number of fused-ring (bicyclic) bond motifs is 1. The van der Waals surface area contributed by atoms with Gasteiger partial charge in [-0.15, -0.1) is 0 Å². The van der Waals surface area contributed by atoms with Crippen LogP contribution in [-0.2, 0) is 4.84 Å². The number of likely N-dealkylation sites (tertiary alicyclic amines) is 1. The third kappa shape index (κ3) is 3.10. The Labute approximate surface area is 170 Å². The molecule has 1 aromatic heterocycles. The Morgan fingerprint density at radius 3 is 2.82 bits per heavy atom. The average Bonchev–Trinajstić information content (AvgIpc) is 3.35. The number of carbonyl (C=O) groups excluding carboxylic acids is 1. The predicted molar refractivity (Wildman–Crippen MR) is 111 cm³/mol. The summed E-state index contributed by atoms with van der Waals surface area (Å²) in [6.45, 7) is 1.22.